The van der Waals surface area contributed by atoms with Crippen LogP contribution in [0.1, 0.15) is 18.1 Å². The summed E-state index contributed by atoms with van der Waals surface area (Å²) in [6, 6.07) is 7.67. The van der Waals surface area contributed by atoms with E-state index in [9.17, 15) is 13.2 Å². The van der Waals surface area contributed by atoms with Crippen LogP contribution in [0.2, 0.25) is 0 Å². The molecular formula is C15H21N3O3S. The summed E-state index contributed by atoms with van der Waals surface area (Å²) in [7, 11) is -3.61. The van der Waals surface area contributed by atoms with Gasteiger partial charge in [-0.1, -0.05) is 24.3 Å². The number of carbonyl (C=O) groups excluding carboxylic acids is 1. The third-order valence-corrected chi connectivity index (χ3v) is 4.14. The number of hydrogen-bond donors (Lipinski definition) is 1. The second-order valence-electron chi connectivity index (χ2n) is 5.42. The van der Waals surface area contributed by atoms with Crippen molar-refractivity contribution in [2.24, 2.45) is 5.14 Å². The summed E-state index contributed by atoms with van der Waals surface area (Å²) in [6.45, 7) is 5.56. The van der Waals surface area contributed by atoms with Crippen molar-refractivity contribution in [3.8, 4) is 0 Å². The highest BCUT2D eigenvalue weighted by molar-refractivity contribution is 7.92. The lowest BCUT2D eigenvalue weighted by molar-refractivity contribution is -0.130. The molecule has 2 rings (SSSR count). The van der Waals surface area contributed by atoms with E-state index < -0.39 is 10.0 Å². The first-order valence-corrected chi connectivity index (χ1v) is 8.72. The first kappa shape index (κ1) is 16.7. The second-order valence-corrected chi connectivity index (χ2v) is 6.87. The van der Waals surface area contributed by atoms with Crippen LogP contribution < -0.4 is 5.14 Å². The Morgan fingerprint density at radius 2 is 1.95 bits per heavy atom. The quantitative estimate of drug-likeness (QED) is 0.880. The number of sulfonamides is 1. The zero-order valence-electron chi connectivity index (χ0n) is 12.6. The number of benzene rings is 1. The Balaban J connectivity index is 1.97. The van der Waals surface area contributed by atoms with Crippen LogP contribution in [0, 0.1) is 0 Å². The Bertz CT molecular complexity index is 662. The fraction of sp³-hybridized carbons (Fsp3) is 0.400. The van der Waals surface area contributed by atoms with Gasteiger partial charge < -0.3 is 4.90 Å². The van der Waals surface area contributed by atoms with E-state index in [4.69, 9.17) is 5.14 Å². The molecule has 0 aromatic heterocycles. The molecule has 0 spiro atoms. The maximum Gasteiger partial charge on any atom is 0.231 e. The predicted molar refractivity (Wildman–Crippen MR) is 86.1 cm³/mol. The van der Waals surface area contributed by atoms with Gasteiger partial charge >= 0.3 is 0 Å². The molecule has 0 unspecified atom stereocenters. The van der Waals surface area contributed by atoms with Crippen molar-refractivity contribution in [3.05, 3.63) is 40.8 Å². The van der Waals surface area contributed by atoms with Gasteiger partial charge in [-0.05, 0) is 17.2 Å². The summed E-state index contributed by atoms with van der Waals surface area (Å²) in [5.74, 6) is 0.120. The van der Waals surface area contributed by atoms with E-state index in [0.29, 0.717) is 0 Å². The van der Waals surface area contributed by atoms with Crippen LogP contribution in [0.3, 0.4) is 0 Å². The first-order valence-electron chi connectivity index (χ1n) is 7.11. The predicted octanol–water partition coefficient (Wildman–Crippen LogP) is 0.610. The molecule has 0 radical (unpaired) electrons. The van der Waals surface area contributed by atoms with Gasteiger partial charge in [-0.3, -0.25) is 9.69 Å². The molecule has 6 nitrogen and oxygen atoms in total. The number of piperazine rings is 1. The molecule has 1 aliphatic heterocycles. The summed E-state index contributed by atoms with van der Waals surface area (Å²) in [5.41, 5.74) is 1.90. The molecule has 1 aromatic rings. The van der Waals surface area contributed by atoms with Gasteiger partial charge in [0, 0.05) is 45.1 Å². The second kappa shape index (κ2) is 7.04. The Morgan fingerprint density at radius 3 is 2.55 bits per heavy atom. The fourth-order valence-corrected chi connectivity index (χ4v) is 2.79. The Hall–Kier alpha value is -1.70. The summed E-state index contributed by atoms with van der Waals surface area (Å²) < 4.78 is 21.9. The number of nitrogens with zero attached hydrogens (tertiary/aromatic N) is 2. The summed E-state index contributed by atoms with van der Waals surface area (Å²) in [4.78, 5) is 15.4. The molecule has 0 atom stereocenters. The van der Waals surface area contributed by atoms with Crippen LogP contribution in [0.25, 0.3) is 6.08 Å². The topological polar surface area (TPSA) is 83.7 Å². The largest absolute Gasteiger partial charge is 0.340 e. The molecule has 1 amide bonds. The Morgan fingerprint density at radius 1 is 1.27 bits per heavy atom. The highest BCUT2D eigenvalue weighted by atomic mass is 32.2. The molecule has 1 fully saturated rings. The van der Waals surface area contributed by atoms with Crippen molar-refractivity contribution in [2.75, 3.05) is 26.2 Å². The number of amides is 1. The Labute approximate surface area is 131 Å². The van der Waals surface area contributed by atoms with Crippen LogP contribution in [-0.2, 0) is 21.4 Å². The molecule has 0 bridgehead atoms. The van der Waals surface area contributed by atoms with Gasteiger partial charge in [0.15, 0.2) is 0 Å². The monoisotopic (exact) mass is 323 g/mol. The molecule has 1 aliphatic rings. The summed E-state index contributed by atoms with van der Waals surface area (Å²) in [5, 5.41) is 5.95. The number of rotatable bonds is 4. The molecule has 1 saturated heterocycles. The molecule has 0 saturated carbocycles. The van der Waals surface area contributed by atoms with E-state index in [0.717, 1.165) is 49.3 Å². The van der Waals surface area contributed by atoms with Gasteiger partial charge in [0.2, 0.25) is 15.9 Å². The van der Waals surface area contributed by atoms with Crippen molar-refractivity contribution < 1.29 is 13.2 Å². The lowest BCUT2D eigenvalue weighted by Gasteiger charge is -2.34. The van der Waals surface area contributed by atoms with Gasteiger partial charge in [0.1, 0.15) is 0 Å². The molecule has 1 aromatic carbocycles. The van der Waals surface area contributed by atoms with Gasteiger partial charge in [-0.15, -0.1) is 0 Å². The zero-order valence-corrected chi connectivity index (χ0v) is 13.4. The van der Waals surface area contributed by atoms with Crippen molar-refractivity contribution in [3.63, 3.8) is 0 Å². The molecule has 0 aliphatic carbocycles. The van der Waals surface area contributed by atoms with Crippen LogP contribution in [0.4, 0.5) is 0 Å². The smallest absolute Gasteiger partial charge is 0.231 e. The Kier molecular flexibility index (Phi) is 5.33. The van der Waals surface area contributed by atoms with Gasteiger partial charge in [-0.25, -0.2) is 13.6 Å². The van der Waals surface area contributed by atoms with Crippen LogP contribution >= 0.6 is 0 Å². The van der Waals surface area contributed by atoms with Gasteiger partial charge in [-0.2, -0.15) is 0 Å². The standard InChI is InChI=1S/C15H21N3O3S/c1-13(19)18-8-6-17(7-9-18)12-15-4-2-3-14(11-15)5-10-22(16,20)21/h2-5,10-11H,6-9,12H2,1H3,(H2,16,20,21)/b10-5+. The summed E-state index contributed by atoms with van der Waals surface area (Å²) in [6.07, 6.45) is 1.49. The number of carbonyl (C=O) groups is 1. The van der Waals surface area contributed by atoms with Crippen molar-refractivity contribution >= 4 is 22.0 Å². The zero-order chi connectivity index (χ0) is 16.2. The summed E-state index contributed by atoms with van der Waals surface area (Å²) >= 11 is 0. The number of primary sulfonamides is 1. The van der Waals surface area contributed by atoms with Gasteiger partial charge in [0.05, 0.1) is 0 Å². The lowest BCUT2D eigenvalue weighted by Crippen LogP contribution is -2.47. The number of nitrogens with two attached hydrogens (primary N) is 1. The molecule has 7 heteroatoms. The normalized spacial score (nSPS) is 17.1. The highest BCUT2D eigenvalue weighted by Crippen LogP contribution is 2.12. The fourth-order valence-electron chi connectivity index (χ4n) is 2.45. The van der Waals surface area contributed by atoms with E-state index in [2.05, 4.69) is 4.90 Å². The molecule has 2 N–H and O–H groups in total. The van der Waals surface area contributed by atoms with Crippen LogP contribution in [0.5, 0.6) is 0 Å². The van der Waals surface area contributed by atoms with Crippen molar-refractivity contribution in [1.82, 2.24) is 9.80 Å². The van der Waals surface area contributed by atoms with Gasteiger partial charge in [0.25, 0.3) is 0 Å². The third-order valence-electron chi connectivity index (χ3n) is 3.63. The maximum absolute atomic E-state index is 11.3. The SMILES string of the molecule is CC(=O)N1CCN(Cc2cccc(/C=C/S(N)(=O)=O)c2)CC1. The average Bonchev–Trinajstić information content (AvgIpc) is 2.45. The minimum atomic E-state index is -3.61. The molecule has 120 valence electrons. The van der Waals surface area contributed by atoms with E-state index >= 15 is 0 Å². The van der Waals surface area contributed by atoms with E-state index in [1.165, 1.54) is 6.08 Å². The van der Waals surface area contributed by atoms with Crippen LogP contribution in [0.15, 0.2) is 29.7 Å². The lowest BCUT2D eigenvalue weighted by atomic mass is 10.1. The van der Waals surface area contributed by atoms with E-state index in [1.807, 2.05) is 29.2 Å². The van der Waals surface area contributed by atoms with Crippen LogP contribution in [-0.4, -0.2) is 50.3 Å². The molecule has 1 heterocycles. The van der Waals surface area contributed by atoms with E-state index in [1.54, 1.807) is 6.92 Å². The first-order chi connectivity index (χ1) is 10.3. The average molecular weight is 323 g/mol. The van der Waals surface area contributed by atoms with Crippen molar-refractivity contribution in [2.45, 2.75) is 13.5 Å². The van der Waals surface area contributed by atoms with E-state index in [-0.39, 0.29) is 5.91 Å². The molecule has 22 heavy (non-hydrogen) atoms. The third kappa shape index (κ3) is 5.25. The maximum atomic E-state index is 11.3. The highest BCUT2D eigenvalue weighted by Gasteiger charge is 2.18. The minimum Gasteiger partial charge on any atom is -0.340 e. The molecular weight excluding hydrogens is 302 g/mol. The number of hydrogen-bond acceptors (Lipinski definition) is 4. The minimum absolute atomic E-state index is 0.120. The van der Waals surface area contributed by atoms with Crippen molar-refractivity contribution in [1.29, 1.82) is 0 Å².